The highest BCUT2D eigenvalue weighted by Crippen LogP contribution is 2.30. The molecule has 12 heavy (non-hydrogen) atoms. The Morgan fingerprint density at radius 3 is 3.25 bits per heavy atom. The Balaban J connectivity index is 2.47. The molecule has 0 saturated carbocycles. The summed E-state index contributed by atoms with van der Waals surface area (Å²) in [5.74, 6) is 2.36. The third-order valence-corrected chi connectivity index (χ3v) is 3.77. The van der Waals surface area contributed by atoms with Gasteiger partial charge in [0.1, 0.15) is 4.60 Å². The van der Waals surface area contributed by atoms with E-state index in [1.807, 2.05) is 11.8 Å². The number of halogens is 1. The molecule has 0 N–H and O–H groups in total. The zero-order valence-corrected chi connectivity index (χ0v) is 9.41. The first kappa shape index (κ1) is 8.63. The number of thioether (sulfide) groups is 1. The summed E-state index contributed by atoms with van der Waals surface area (Å²) in [7, 11) is 0. The van der Waals surface area contributed by atoms with Gasteiger partial charge in [0.25, 0.3) is 0 Å². The molecular weight excluding hydrogens is 236 g/mol. The Morgan fingerprint density at radius 1 is 1.67 bits per heavy atom. The molecule has 0 fully saturated rings. The van der Waals surface area contributed by atoms with E-state index in [1.165, 1.54) is 23.4 Å². The van der Waals surface area contributed by atoms with Crippen molar-refractivity contribution >= 4 is 27.7 Å². The number of rotatable bonds is 1. The molecule has 2 heterocycles. The van der Waals surface area contributed by atoms with Gasteiger partial charge in [-0.25, -0.2) is 0 Å². The molecule has 66 valence electrons. The average molecular weight is 247 g/mol. The highest BCUT2D eigenvalue weighted by molar-refractivity contribution is 9.10. The van der Waals surface area contributed by atoms with Gasteiger partial charge in [-0.15, -0.1) is 0 Å². The molecule has 2 nitrogen and oxygen atoms in total. The fraction of sp³-hybridized carbons (Fsp3) is 0.625. The van der Waals surface area contributed by atoms with Crippen LogP contribution in [0.15, 0.2) is 4.60 Å². The molecule has 0 bridgehead atoms. The van der Waals surface area contributed by atoms with Crippen LogP contribution in [0.5, 0.6) is 0 Å². The molecule has 1 aliphatic rings. The lowest BCUT2D eigenvalue weighted by atomic mass is 10.2. The van der Waals surface area contributed by atoms with Gasteiger partial charge in [0.15, 0.2) is 0 Å². The number of hydrogen-bond acceptors (Lipinski definition) is 2. The van der Waals surface area contributed by atoms with Crippen molar-refractivity contribution in [3.63, 3.8) is 0 Å². The Bertz CT molecular complexity index is 295. The molecule has 0 spiro atoms. The first-order valence-corrected chi connectivity index (χ1v) is 6.09. The van der Waals surface area contributed by atoms with Gasteiger partial charge >= 0.3 is 0 Å². The SMILES string of the molecule is CCn1nc(Br)c2c1CCSC2. The van der Waals surface area contributed by atoms with Crippen molar-refractivity contribution in [1.29, 1.82) is 0 Å². The number of aromatic nitrogens is 2. The van der Waals surface area contributed by atoms with E-state index in [2.05, 4.69) is 32.6 Å². The average Bonchev–Trinajstić information content (AvgIpc) is 2.44. The van der Waals surface area contributed by atoms with E-state index in [4.69, 9.17) is 0 Å². The molecule has 0 radical (unpaired) electrons. The van der Waals surface area contributed by atoms with E-state index in [9.17, 15) is 0 Å². The number of fused-ring (bicyclic) bond motifs is 1. The standard InChI is InChI=1S/C8H11BrN2S/c1-2-11-7-3-4-12-5-6(7)8(9)10-11/h2-5H2,1H3. The molecular formula is C8H11BrN2S. The first-order chi connectivity index (χ1) is 5.83. The van der Waals surface area contributed by atoms with E-state index in [-0.39, 0.29) is 0 Å². The van der Waals surface area contributed by atoms with Gasteiger partial charge in [-0.05, 0) is 35.0 Å². The van der Waals surface area contributed by atoms with Gasteiger partial charge in [0.05, 0.1) is 0 Å². The molecule has 0 aromatic carbocycles. The van der Waals surface area contributed by atoms with Crippen molar-refractivity contribution in [2.75, 3.05) is 5.75 Å². The monoisotopic (exact) mass is 246 g/mol. The van der Waals surface area contributed by atoms with Crippen LogP contribution in [0.4, 0.5) is 0 Å². The van der Waals surface area contributed by atoms with E-state index in [0.29, 0.717) is 0 Å². The van der Waals surface area contributed by atoms with Crippen molar-refractivity contribution in [1.82, 2.24) is 9.78 Å². The maximum absolute atomic E-state index is 4.43. The van der Waals surface area contributed by atoms with Crippen LogP contribution < -0.4 is 0 Å². The number of nitrogens with zero attached hydrogens (tertiary/aromatic N) is 2. The van der Waals surface area contributed by atoms with Crippen LogP contribution in [-0.4, -0.2) is 15.5 Å². The van der Waals surface area contributed by atoms with Crippen LogP contribution in [0.2, 0.25) is 0 Å². The molecule has 1 aromatic heterocycles. The summed E-state index contributed by atoms with van der Waals surface area (Å²) in [5.41, 5.74) is 2.84. The predicted molar refractivity (Wildman–Crippen MR) is 55.5 cm³/mol. The molecule has 0 aliphatic carbocycles. The van der Waals surface area contributed by atoms with Gasteiger partial charge in [0, 0.05) is 23.6 Å². The van der Waals surface area contributed by atoms with Crippen LogP contribution in [-0.2, 0) is 18.7 Å². The smallest absolute Gasteiger partial charge is 0.132 e. The molecule has 0 saturated heterocycles. The lowest BCUT2D eigenvalue weighted by molar-refractivity contribution is 0.622. The van der Waals surface area contributed by atoms with Gasteiger partial charge in [0.2, 0.25) is 0 Å². The van der Waals surface area contributed by atoms with E-state index >= 15 is 0 Å². The third kappa shape index (κ3) is 1.31. The molecule has 1 aliphatic heterocycles. The second-order valence-corrected chi connectivity index (χ2v) is 4.69. The Hall–Kier alpha value is 0.0400. The topological polar surface area (TPSA) is 17.8 Å². The summed E-state index contributed by atoms with van der Waals surface area (Å²) in [6.45, 7) is 3.13. The normalized spacial score (nSPS) is 16.2. The van der Waals surface area contributed by atoms with Crippen LogP contribution in [0.1, 0.15) is 18.2 Å². The second-order valence-electron chi connectivity index (χ2n) is 2.83. The fourth-order valence-electron chi connectivity index (χ4n) is 1.53. The minimum Gasteiger partial charge on any atom is -0.268 e. The van der Waals surface area contributed by atoms with E-state index in [0.717, 1.165) is 16.9 Å². The van der Waals surface area contributed by atoms with Crippen molar-refractivity contribution in [2.45, 2.75) is 25.6 Å². The number of aryl methyl sites for hydroxylation is 1. The van der Waals surface area contributed by atoms with Crippen LogP contribution in [0.25, 0.3) is 0 Å². The number of hydrogen-bond donors (Lipinski definition) is 0. The van der Waals surface area contributed by atoms with Crippen LogP contribution in [0.3, 0.4) is 0 Å². The summed E-state index contributed by atoms with van der Waals surface area (Å²) in [6, 6.07) is 0. The summed E-state index contributed by atoms with van der Waals surface area (Å²) < 4.78 is 3.16. The van der Waals surface area contributed by atoms with Gasteiger partial charge in [-0.1, -0.05) is 0 Å². The second kappa shape index (κ2) is 3.42. The van der Waals surface area contributed by atoms with Crippen molar-refractivity contribution in [3.8, 4) is 0 Å². The summed E-state index contributed by atoms with van der Waals surface area (Å²) >= 11 is 5.49. The third-order valence-electron chi connectivity index (χ3n) is 2.15. The summed E-state index contributed by atoms with van der Waals surface area (Å²) in [6.07, 6.45) is 1.17. The Labute approximate surface area is 84.8 Å². The molecule has 2 rings (SSSR count). The quantitative estimate of drug-likeness (QED) is 0.758. The lowest BCUT2D eigenvalue weighted by Crippen LogP contribution is -2.08. The largest absolute Gasteiger partial charge is 0.268 e. The van der Waals surface area contributed by atoms with Gasteiger partial charge < -0.3 is 0 Å². The minimum absolute atomic E-state index is 0.985. The zero-order valence-electron chi connectivity index (χ0n) is 7.01. The molecule has 0 atom stereocenters. The van der Waals surface area contributed by atoms with Crippen LogP contribution >= 0.6 is 27.7 Å². The zero-order chi connectivity index (χ0) is 8.55. The van der Waals surface area contributed by atoms with Crippen molar-refractivity contribution < 1.29 is 0 Å². The predicted octanol–water partition coefficient (Wildman–Crippen LogP) is 2.45. The van der Waals surface area contributed by atoms with Gasteiger partial charge in [-0.3, -0.25) is 4.68 Å². The summed E-state index contributed by atoms with van der Waals surface area (Å²) in [4.78, 5) is 0. The van der Waals surface area contributed by atoms with Crippen LogP contribution in [0, 0.1) is 0 Å². The molecule has 4 heteroatoms. The summed E-state index contributed by atoms with van der Waals surface area (Å²) in [5, 5.41) is 4.43. The molecule has 0 amide bonds. The van der Waals surface area contributed by atoms with Gasteiger partial charge in [-0.2, -0.15) is 16.9 Å². The lowest BCUT2D eigenvalue weighted by Gasteiger charge is -2.12. The first-order valence-electron chi connectivity index (χ1n) is 4.14. The highest BCUT2D eigenvalue weighted by atomic mass is 79.9. The Kier molecular flexibility index (Phi) is 2.46. The fourth-order valence-corrected chi connectivity index (χ4v) is 3.26. The van der Waals surface area contributed by atoms with Crippen molar-refractivity contribution in [2.24, 2.45) is 0 Å². The Morgan fingerprint density at radius 2 is 2.50 bits per heavy atom. The highest BCUT2D eigenvalue weighted by Gasteiger charge is 2.18. The maximum Gasteiger partial charge on any atom is 0.132 e. The molecule has 0 unspecified atom stereocenters. The van der Waals surface area contributed by atoms with E-state index < -0.39 is 0 Å². The maximum atomic E-state index is 4.43. The van der Waals surface area contributed by atoms with Crippen molar-refractivity contribution in [3.05, 3.63) is 15.9 Å². The minimum atomic E-state index is 0.985. The van der Waals surface area contributed by atoms with E-state index in [1.54, 1.807) is 0 Å². The molecule has 1 aromatic rings.